The maximum Gasteiger partial charge on any atom is 0.243 e. The van der Waals surface area contributed by atoms with Crippen molar-refractivity contribution in [3.63, 3.8) is 0 Å². The van der Waals surface area contributed by atoms with Crippen LogP contribution in [0, 0.1) is 0 Å². The van der Waals surface area contributed by atoms with Gasteiger partial charge in [0.1, 0.15) is 0 Å². The van der Waals surface area contributed by atoms with Gasteiger partial charge in [0.25, 0.3) is 0 Å². The molecule has 0 aliphatic carbocycles. The Kier molecular flexibility index (Phi) is 7.01. The van der Waals surface area contributed by atoms with Gasteiger partial charge in [0.15, 0.2) is 0 Å². The Hall–Kier alpha value is -2.98. The molecule has 0 unspecified atom stereocenters. The number of sulfonamides is 1. The minimum Gasteiger partial charge on any atom is -0.379 e. The Morgan fingerprint density at radius 2 is 1.54 bits per heavy atom. The molecule has 0 spiro atoms. The van der Waals surface area contributed by atoms with Gasteiger partial charge in [-0.3, -0.25) is 4.79 Å². The summed E-state index contributed by atoms with van der Waals surface area (Å²) in [6, 6.07) is 18.9. The maximum absolute atomic E-state index is 13.3. The monoisotopic (exact) mass is 495 g/mol. The number of hydrogen-bond acceptors (Lipinski definition) is 6. The third kappa shape index (κ3) is 5.18. The van der Waals surface area contributed by atoms with E-state index in [0.29, 0.717) is 58.3 Å². The van der Waals surface area contributed by atoms with E-state index in [-0.39, 0.29) is 17.2 Å². The zero-order valence-electron chi connectivity index (χ0n) is 19.5. The van der Waals surface area contributed by atoms with E-state index < -0.39 is 10.0 Å². The van der Waals surface area contributed by atoms with Crippen LogP contribution < -0.4 is 10.2 Å². The van der Waals surface area contributed by atoms with Gasteiger partial charge in [-0.2, -0.15) is 4.31 Å². The van der Waals surface area contributed by atoms with Crippen LogP contribution in [0.4, 0.5) is 11.4 Å². The summed E-state index contributed by atoms with van der Waals surface area (Å²) in [5.74, 6) is -0.197. The quantitative estimate of drug-likeness (QED) is 0.566. The van der Waals surface area contributed by atoms with Gasteiger partial charge >= 0.3 is 0 Å². The van der Waals surface area contributed by atoms with E-state index in [1.54, 1.807) is 18.2 Å². The lowest BCUT2D eigenvalue weighted by atomic mass is 10.0. The molecule has 5 rings (SSSR count). The van der Waals surface area contributed by atoms with Gasteiger partial charge in [-0.05, 0) is 34.5 Å². The molecule has 2 aliphatic rings. The summed E-state index contributed by atoms with van der Waals surface area (Å²) in [7, 11) is -3.70. The molecule has 9 heteroatoms. The molecule has 2 aliphatic heterocycles. The van der Waals surface area contributed by atoms with Gasteiger partial charge in [0.2, 0.25) is 15.9 Å². The van der Waals surface area contributed by atoms with Gasteiger partial charge in [0, 0.05) is 26.2 Å². The molecule has 2 heterocycles. The molecule has 8 nitrogen and oxygen atoms in total. The molecule has 1 N–H and O–H groups in total. The highest BCUT2D eigenvalue weighted by molar-refractivity contribution is 7.89. The second kappa shape index (κ2) is 10.3. The summed E-state index contributed by atoms with van der Waals surface area (Å²) in [4.78, 5) is 15.5. The Balaban J connectivity index is 1.45. The average molecular weight is 496 g/mol. The van der Waals surface area contributed by atoms with Crippen LogP contribution in [-0.4, -0.2) is 71.2 Å². The summed E-state index contributed by atoms with van der Waals surface area (Å²) in [5.41, 5.74) is 2.21. The van der Waals surface area contributed by atoms with Gasteiger partial charge < -0.3 is 19.7 Å². The SMILES string of the molecule is O=C(Cc1cccc2ccccc12)Nc1cc(S(=O)(=O)N2CCOCC2)ccc1N1CCOCC1. The predicted octanol–water partition coefficient (Wildman–Crippen LogP) is 2.88. The van der Waals surface area contributed by atoms with Crippen molar-refractivity contribution in [2.24, 2.45) is 0 Å². The highest BCUT2D eigenvalue weighted by Gasteiger charge is 2.28. The first kappa shape index (κ1) is 23.7. The molecular formula is C26H29N3O5S. The normalized spacial score (nSPS) is 17.4. The van der Waals surface area contributed by atoms with Gasteiger partial charge in [0.05, 0.1) is 49.1 Å². The van der Waals surface area contributed by atoms with Crippen LogP contribution in [0.3, 0.4) is 0 Å². The molecule has 3 aromatic rings. The fourth-order valence-corrected chi connectivity index (χ4v) is 6.04. The summed E-state index contributed by atoms with van der Waals surface area (Å²) in [6.07, 6.45) is 0.185. The van der Waals surface area contributed by atoms with Gasteiger partial charge in [-0.1, -0.05) is 42.5 Å². The van der Waals surface area contributed by atoms with E-state index >= 15 is 0 Å². The third-order valence-electron chi connectivity index (χ3n) is 6.43. The number of ether oxygens (including phenoxy) is 2. The molecular weight excluding hydrogens is 466 g/mol. The number of benzene rings is 3. The molecule has 35 heavy (non-hydrogen) atoms. The molecule has 1 amide bonds. The van der Waals surface area contributed by atoms with E-state index in [0.717, 1.165) is 22.0 Å². The minimum atomic E-state index is -3.70. The Labute approximate surface area is 205 Å². The highest BCUT2D eigenvalue weighted by atomic mass is 32.2. The molecule has 0 atom stereocenters. The number of anilines is 2. The standard InChI is InChI=1S/C26H29N3O5S/c30-26(18-21-6-3-5-20-4-1-2-7-23(20)21)27-24-19-22(35(31,32)29-12-16-34-17-13-29)8-9-25(24)28-10-14-33-15-11-28/h1-9,19H,10-18H2,(H,27,30). The Bertz CT molecular complexity index is 1310. The second-order valence-corrected chi connectivity index (χ2v) is 10.6. The number of carbonyl (C=O) groups excluding carboxylic acids is 1. The molecule has 3 aromatic carbocycles. The third-order valence-corrected chi connectivity index (χ3v) is 8.33. The number of rotatable bonds is 6. The summed E-state index contributed by atoms with van der Waals surface area (Å²) < 4.78 is 38.8. The minimum absolute atomic E-state index is 0.164. The van der Waals surface area contributed by atoms with Crippen molar-refractivity contribution in [2.75, 3.05) is 62.8 Å². The summed E-state index contributed by atoms with van der Waals surface area (Å²) >= 11 is 0. The second-order valence-electron chi connectivity index (χ2n) is 8.66. The van der Waals surface area contributed by atoms with E-state index in [4.69, 9.17) is 9.47 Å². The lowest BCUT2D eigenvalue weighted by Crippen LogP contribution is -2.40. The van der Waals surface area contributed by atoms with Crippen LogP contribution in [0.5, 0.6) is 0 Å². The maximum atomic E-state index is 13.3. The smallest absolute Gasteiger partial charge is 0.243 e. The number of amides is 1. The zero-order chi connectivity index (χ0) is 24.3. The number of hydrogen-bond donors (Lipinski definition) is 1. The predicted molar refractivity (Wildman–Crippen MR) is 135 cm³/mol. The van der Waals surface area contributed by atoms with Gasteiger partial charge in [-0.15, -0.1) is 0 Å². The number of nitrogens with one attached hydrogen (secondary N) is 1. The highest BCUT2D eigenvalue weighted by Crippen LogP contribution is 2.31. The van der Waals surface area contributed by atoms with Crippen molar-refractivity contribution in [3.05, 3.63) is 66.2 Å². The molecule has 0 radical (unpaired) electrons. The van der Waals surface area contributed by atoms with Crippen molar-refractivity contribution in [3.8, 4) is 0 Å². The molecule has 2 saturated heterocycles. The molecule has 0 saturated carbocycles. The first-order valence-electron chi connectivity index (χ1n) is 11.8. The van der Waals surface area contributed by atoms with Crippen LogP contribution in [0.2, 0.25) is 0 Å². The Morgan fingerprint density at radius 1 is 0.857 bits per heavy atom. The fraction of sp³-hybridized carbons (Fsp3) is 0.346. The van der Waals surface area contributed by atoms with Crippen LogP contribution >= 0.6 is 0 Å². The number of nitrogens with zero attached hydrogens (tertiary/aromatic N) is 2. The van der Waals surface area contributed by atoms with Crippen LogP contribution in [0.1, 0.15) is 5.56 Å². The molecule has 0 bridgehead atoms. The largest absolute Gasteiger partial charge is 0.379 e. The number of morpholine rings is 2. The van der Waals surface area contributed by atoms with Crippen LogP contribution in [0.15, 0.2) is 65.6 Å². The lowest BCUT2D eigenvalue weighted by Gasteiger charge is -2.31. The summed E-state index contributed by atoms with van der Waals surface area (Å²) in [5, 5.41) is 5.11. The topological polar surface area (TPSA) is 88.2 Å². The molecule has 184 valence electrons. The average Bonchev–Trinajstić information content (AvgIpc) is 2.90. The number of fused-ring (bicyclic) bond motifs is 1. The van der Waals surface area contributed by atoms with E-state index in [1.165, 1.54) is 4.31 Å². The molecule has 0 aromatic heterocycles. The van der Waals surface area contributed by atoms with E-state index in [9.17, 15) is 13.2 Å². The first-order chi connectivity index (χ1) is 17.0. The van der Waals surface area contributed by atoms with Crippen molar-refractivity contribution >= 4 is 38.1 Å². The first-order valence-corrected chi connectivity index (χ1v) is 13.3. The zero-order valence-corrected chi connectivity index (χ0v) is 20.3. The van der Waals surface area contributed by atoms with Crippen molar-refractivity contribution in [1.29, 1.82) is 0 Å². The van der Waals surface area contributed by atoms with Gasteiger partial charge in [-0.25, -0.2) is 8.42 Å². The molecule has 2 fully saturated rings. The van der Waals surface area contributed by atoms with Crippen molar-refractivity contribution in [2.45, 2.75) is 11.3 Å². The summed E-state index contributed by atoms with van der Waals surface area (Å²) in [6.45, 7) is 3.88. The fourth-order valence-electron chi connectivity index (χ4n) is 4.61. The Morgan fingerprint density at radius 3 is 2.31 bits per heavy atom. The van der Waals surface area contributed by atoms with E-state index in [2.05, 4.69) is 10.2 Å². The van der Waals surface area contributed by atoms with Crippen molar-refractivity contribution < 1.29 is 22.7 Å². The number of carbonyl (C=O) groups is 1. The lowest BCUT2D eigenvalue weighted by molar-refractivity contribution is -0.115. The van der Waals surface area contributed by atoms with Crippen LogP contribution in [0.25, 0.3) is 10.8 Å². The van der Waals surface area contributed by atoms with Crippen molar-refractivity contribution in [1.82, 2.24) is 4.31 Å². The van der Waals surface area contributed by atoms with Crippen LogP contribution in [-0.2, 0) is 30.7 Å². The van der Waals surface area contributed by atoms with E-state index in [1.807, 2.05) is 42.5 Å².